The molecule has 0 saturated carbocycles. The zero-order valence-corrected chi connectivity index (χ0v) is 20.9. The summed E-state index contributed by atoms with van der Waals surface area (Å²) < 4.78 is 0. The Bertz CT molecular complexity index is 811. The molecule has 0 spiro atoms. The first-order valence-electron chi connectivity index (χ1n) is 10.4. The van der Waals surface area contributed by atoms with E-state index in [0.29, 0.717) is 12.3 Å². The maximum absolute atomic E-state index is 12.3. The van der Waals surface area contributed by atoms with Gasteiger partial charge in [-0.15, -0.1) is 35.3 Å². The number of carbonyl (C=O) groups is 1. The van der Waals surface area contributed by atoms with E-state index in [4.69, 9.17) is 0 Å². The minimum absolute atomic E-state index is 0. The van der Waals surface area contributed by atoms with Crippen molar-refractivity contribution in [2.75, 3.05) is 33.2 Å². The third kappa shape index (κ3) is 7.54. The highest BCUT2D eigenvalue weighted by molar-refractivity contribution is 14.0. The van der Waals surface area contributed by atoms with E-state index >= 15 is 0 Å². The number of amides is 1. The lowest BCUT2D eigenvalue weighted by atomic mass is 10.1. The van der Waals surface area contributed by atoms with Crippen molar-refractivity contribution >= 4 is 47.2 Å². The van der Waals surface area contributed by atoms with E-state index in [-0.39, 0.29) is 29.9 Å². The molecule has 6 nitrogen and oxygen atoms in total. The van der Waals surface area contributed by atoms with E-state index in [0.717, 1.165) is 57.1 Å². The smallest absolute Gasteiger partial charge is 0.223 e. The van der Waals surface area contributed by atoms with Crippen LogP contribution in [0.4, 0.5) is 0 Å². The van der Waals surface area contributed by atoms with Crippen LogP contribution in [0.1, 0.15) is 29.6 Å². The van der Waals surface area contributed by atoms with Gasteiger partial charge in [0.1, 0.15) is 0 Å². The Hall–Kier alpha value is -1.68. The van der Waals surface area contributed by atoms with Gasteiger partial charge in [0, 0.05) is 57.4 Å². The molecular weight excluding hydrogens is 509 g/mol. The number of aromatic nitrogens is 1. The molecule has 30 heavy (non-hydrogen) atoms. The van der Waals surface area contributed by atoms with Gasteiger partial charge in [-0.1, -0.05) is 37.3 Å². The summed E-state index contributed by atoms with van der Waals surface area (Å²) in [6.45, 7) is 5.28. The number of guanidine groups is 1. The number of nitrogens with zero attached hydrogens (tertiary/aromatic N) is 3. The SMILES string of the molecule is CCc1nc(CCNC(=NC)NCC2CC(=O)N(CCc3ccccc3)C2)cs1.I. The predicted molar refractivity (Wildman–Crippen MR) is 135 cm³/mol. The molecule has 3 rings (SSSR count). The standard InChI is InChI=1S/C22H31N5OS.HI/c1-3-20-26-19(16-29-20)9-11-24-22(23-2)25-14-18-13-21(28)27(15-18)12-10-17-7-5-4-6-8-17;/h4-8,16,18H,3,9-15H2,1-2H3,(H2,23,24,25);1H. The van der Waals surface area contributed by atoms with Gasteiger partial charge >= 0.3 is 0 Å². The Labute approximate surface area is 200 Å². The van der Waals surface area contributed by atoms with Crippen LogP contribution < -0.4 is 10.6 Å². The summed E-state index contributed by atoms with van der Waals surface area (Å²) in [5.74, 6) is 1.36. The van der Waals surface area contributed by atoms with E-state index in [1.165, 1.54) is 10.6 Å². The number of halogens is 1. The minimum Gasteiger partial charge on any atom is -0.356 e. The maximum Gasteiger partial charge on any atom is 0.223 e. The molecule has 1 aromatic heterocycles. The van der Waals surface area contributed by atoms with E-state index in [2.05, 4.69) is 45.0 Å². The lowest BCUT2D eigenvalue weighted by molar-refractivity contribution is -0.127. The Kier molecular flexibility index (Phi) is 10.6. The predicted octanol–water partition coefficient (Wildman–Crippen LogP) is 3.12. The molecule has 2 N–H and O–H groups in total. The fourth-order valence-corrected chi connectivity index (χ4v) is 4.29. The molecule has 2 heterocycles. The largest absolute Gasteiger partial charge is 0.356 e. The maximum atomic E-state index is 12.3. The number of carbonyl (C=O) groups excluding carboxylic acids is 1. The zero-order valence-electron chi connectivity index (χ0n) is 17.8. The summed E-state index contributed by atoms with van der Waals surface area (Å²) in [4.78, 5) is 23.2. The Balaban J connectivity index is 0.00000320. The summed E-state index contributed by atoms with van der Waals surface area (Å²) in [6, 6.07) is 10.3. The zero-order chi connectivity index (χ0) is 20.5. The number of hydrogen-bond donors (Lipinski definition) is 2. The van der Waals surface area contributed by atoms with Crippen molar-refractivity contribution in [3.63, 3.8) is 0 Å². The van der Waals surface area contributed by atoms with Crippen molar-refractivity contribution in [2.45, 2.75) is 32.6 Å². The molecule has 1 saturated heterocycles. The highest BCUT2D eigenvalue weighted by Gasteiger charge is 2.29. The molecule has 2 aromatic rings. The van der Waals surface area contributed by atoms with Crippen LogP contribution in [0.5, 0.6) is 0 Å². The molecule has 0 bridgehead atoms. The molecule has 1 unspecified atom stereocenters. The van der Waals surface area contributed by atoms with E-state index in [1.54, 1.807) is 18.4 Å². The Morgan fingerprint density at radius 2 is 2.07 bits per heavy atom. The Morgan fingerprint density at radius 3 is 2.77 bits per heavy atom. The molecule has 1 aliphatic heterocycles. The van der Waals surface area contributed by atoms with Crippen LogP contribution in [0.2, 0.25) is 0 Å². The van der Waals surface area contributed by atoms with Crippen LogP contribution in [0.25, 0.3) is 0 Å². The number of hydrogen-bond acceptors (Lipinski definition) is 4. The van der Waals surface area contributed by atoms with Crippen molar-refractivity contribution in [1.82, 2.24) is 20.5 Å². The first-order valence-corrected chi connectivity index (χ1v) is 11.3. The third-order valence-corrected chi connectivity index (χ3v) is 6.21. The Morgan fingerprint density at radius 1 is 1.27 bits per heavy atom. The van der Waals surface area contributed by atoms with Crippen molar-refractivity contribution < 1.29 is 4.79 Å². The van der Waals surface area contributed by atoms with E-state index in [9.17, 15) is 4.79 Å². The van der Waals surface area contributed by atoms with Crippen molar-refractivity contribution in [3.05, 3.63) is 52.0 Å². The third-order valence-electron chi connectivity index (χ3n) is 5.16. The van der Waals surface area contributed by atoms with Crippen molar-refractivity contribution in [2.24, 2.45) is 10.9 Å². The average Bonchev–Trinajstić information content (AvgIpc) is 3.35. The normalized spacial score (nSPS) is 16.5. The van der Waals surface area contributed by atoms with Gasteiger partial charge in [-0.25, -0.2) is 4.98 Å². The van der Waals surface area contributed by atoms with Gasteiger partial charge in [0.2, 0.25) is 5.91 Å². The lowest BCUT2D eigenvalue weighted by Gasteiger charge is -2.18. The van der Waals surface area contributed by atoms with Gasteiger partial charge in [-0.05, 0) is 18.4 Å². The number of nitrogens with one attached hydrogen (secondary N) is 2. The molecule has 0 radical (unpaired) electrons. The average molecular weight is 542 g/mol. The molecule has 164 valence electrons. The highest BCUT2D eigenvalue weighted by Crippen LogP contribution is 2.17. The second-order valence-corrected chi connectivity index (χ2v) is 8.30. The lowest BCUT2D eigenvalue weighted by Crippen LogP contribution is -2.41. The highest BCUT2D eigenvalue weighted by atomic mass is 127. The second kappa shape index (κ2) is 12.9. The summed E-state index contributed by atoms with van der Waals surface area (Å²) >= 11 is 1.72. The number of benzene rings is 1. The van der Waals surface area contributed by atoms with Gasteiger partial charge in [0.15, 0.2) is 5.96 Å². The number of aryl methyl sites for hydroxylation is 1. The topological polar surface area (TPSA) is 69.6 Å². The van der Waals surface area contributed by atoms with Crippen molar-refractivity contribution in [3.8, 4) is 0 Å². The number of likely N-dealkylation sites (tertiary alicyclic amines) is 1. The minimum atomic E-state index is 0. The molecule has 8 heteroatoms. The first kappa shape index (κ1) is 24.6. The summed E-state index contributed by atoms with van der Waals surface area (Å²) in [6.07, 6.45) is 3.39. The second-order valence-electron chi connectivity index (χ2n) is 7.36. The van der Waals surface area contributed by atoms with Gasteiger partial charge in [-0.2, -0.15) is 0 Å². The van der Waals surface area contributed by atoms with E-state index in [1.807, 2.05) is 23.1 Å². The van der Waals surface area contributed by atoms with Crippen LogP contribution in [0.15, 0.2) is 40.7 Å². The van der Waals surface area contributed by atoms with Gasteiger partial charge in [0.05, 0.1) is 10.7 Å². The quantitative estimate of drug-likeness (QED) is 0.291. The molecule has 1 aliphatic rings. The first-order chi connectivity index (χ1) is 14.2. The van der Waals surface area contributed by atoms with Crippen LogP contribution >= 0.6 is 35.3 Å². The molecule has 1 atom stereocenters. The number of aliphatic imine (C=N–C) groups is 1. The summed E-state index contributed by atoms with van der Waals surface area (Å²) in [7, 11) is 1.78. The number of rotatable bonds is 9. The van der Waals surface area contributed by atoms with Gasteiger partial charge in [0.25, 0.3) is 0 Å². The fraction of sp³-hybridized carbons (Fsp3) is 0.500. The monoisotopic (exact) mass is 541 g/mol. The van der Waals surface area contributed by atoms with Gasteiger partial charge < -0.3 is 15.5 Å². The summed E-state index contributed by atoms with van der Waals surface area (Å²) in [5.41, 5.74) is 2.41. The van der Waals surface area contributed by atoms with Crippen LogP contribution in [0.3, 0.4) is 0 Å². The van der Waals surface area contributed by atoms with Crippen LogP contribution in [-0.4, -0.2) is 55.0 Å². The van der Waals surface area contributed by atoms with Crippen molar-refractivity contribution in [1.29, 1.82) is 0 Å². The molecule has 0 aliphatic carbocycles. The molecule has 1 fully saturated rings. The molecule has 1 amide bonds. The molecular formula is C22H32IN5OS. The van der Waals surface area contributed by atoms with Gasteiger partial charge in [-0.3, -0.25) is 9.79 Å². The molecule has 1 aromatic carbocycles. The van der Waals surface area contributed by atoms with E-state index < -0.39 is 0 Å². The fourth-order valence-electron chi connectivity index (χ4n) is 3.51. The summed E-state index contributed by atoms with van der Waals surface area (Å²) in [5, 5.41) is 10.0. The number of thiazole rings is 1. The van der Waals surface area contributed by atoms with Crippen LogP contribution in [-0.2, 0) is 24.1 Å². The van der Waals surface area contributed by atoms with Crippen LogP contribution in [0, 0.1) is 5.92 Å².